The van der Waals surface area contributed by atoms with Crippen molar-refractivity contribution in [3.05, 3.63) is 65.5 Å². The van der Waals surface area contributed by atoms with Crippen LogP contribution >= 0.6 is 0 Å². The summed E-state index contributed by atoms with van der Waals surface area (Å²) < 4.78 is 45.1. The summed E-state index contributed by atoms with van der Waals surface area (Å²) in [6.45, 7) is 4.15. The molecule has 0 saturated carbocycles. The van der Waals surface area contributed by atoms with E-state index in [-0.39, 0.29) is 19.0 Å². The minimum atomic E-state index is -4.46. The van der Waals surface area contributed by atoms with Crippen LogP contribution in [0.1, 0.15) is 16.7 Å². The molecule has 1 aliphatic rings. The average molecular weight is 428 g/mol. The highest BCUT2D eigenvalue weighted by molar-refractivity contribution is 6.02. The molecule has 160 valence electrons. The lowest BCUT2D eigenvalue weighted by atomic mass is 10.1. The van der Waals surface area contributed by atoms with Crippen LogP contribution in [0.25, 0.3) is 11.3 Å². The summed E-state index contributed by atoms with van der Waals surface area (Å²) in [6, 6.07) is 7.94. The third-order valence-electron chi connectivity index (χ3n) is 4.81. The molecule has 0 aliphatic carbocycles. The average Bonchev–Trinajstić information content (AvgIpc) is 2.73. The molecule has 0 saturated heterocycles. The van der Waals surface area contributed by atoms with Crippen LogP contribution in [0.3, 0.4) is 0 Å². The van der Waals surface area contributed by atoms with Gasteiger partial charge in [-0.1, -0.05) is 12.1 Å². The van der Waals surface area contributed by atoms with Crippen molar-refractivity contribution in [1.29, 1.82) is 0 Å². The first kappa shape index (κ1) is 20.6. The van der Waals surface area contributed by atoms with E-state index >= 15 is 0 Å². The van der Waals surface area contributed by atoms with E-state index in [1.165, 1.54) is 17.2 Å². The number of rotatable bonds is 2. The highest BCUT2D eigenvalue weighted by Crippen LogP contribution is 2.37. The van der Waals surface area contributed by atoms with E-state index in [9.17, 15) is 18.0 Å². The Hall–Kier alpha value is -3.62. The first-order valence-electron chi connectivity index (χ1n) is 9.54. The predicted molar refractivity (Wildman–Crippen MR) is 110 cm³/mol. The lowest BCUT2D eigenvalue weighted by Gasteiger charge is -2.30. The zero-order valence-electron chi connectivity index (χ0n) is 16.8. The molecule has 0 bridgehead atoms. The Morgan fingerprint density at radius 2 is 1.97 bits per heavy atom. The van der Waals surface area contributed by atoms with Gasteiger partial charge < -0.3 is 10.1 Å². The van der Waals surface area contributed by atoms with Gasteiger partial charge in [-0.2, -0.15) is 13.2 Å². The highest BCUT2D eigenvalue weighted by Gasteiger charge is 2.31. The molecule has 1 N–H and O–H groups in total. The van der Waals surface area contributed by atoms with Crippen LogP contribution in [0.15, 0.2) is 48.8 Å². The standard InChI is InChI=1S/C22H19F3N4O2/c1-13-8-17(12-26-11-13)27-21(30)29-6-7-31-19-14(2)9-18(28-20(19)29)15-4-3-5-16(10-15)22(23,24)25/h3-5,8-12H,6-7H2,1-2H3,(H,27,30). The number of halogens is 3. The van der Waals surface area contributed by atoms with Crippen molar-refractivity contribution in [2.45, 2.75) is 20.0 Å². The van der Waals surface area contributed by atoms with E-state index in [1.54, 1.807) is 31.3 Å². The van der Waals surface area contributed by atoms with E-state index in [2.05, 4.69) is 15.3 Å². The molecule has 3 aromatic rings. The van der Waals surface area contributed by atoms with Crippen molar-refractivity contribution in [3.8, 4) is 17.0 Å². The SMILES string of the molecule is Cc1cncc(NC(=O)N2CCOc3c(C)cc(-c4cccc(C(F)(F)F)c4)nc32)c1. The van der Waals surface area contributed by atoms with E-state index < -0.39 is 17.8 Å². The summed E-state index contributed by atoms with van der Waals surface area (Å²) >= 11 is 0. The van der Waals surface area contributed by atoms with Gasteiger partial charge in [0.05, 0.1) is 29.7 Å². The summed E-state index contributed by atoms with van der Waals surface area (Å²) in [5, 5.41) is 2.78. The predicted octanol–water partition coefficient (Wildman–Crippen LogP) is 5.21. The monoisotopic (exact) mass is 428 g/mol. The molecule has 1 aromatic carbocycles. The molecule has 0 spiro atoms. The molecular formula is C22H19F3N4O2. The molecule has 9 heteroatoms. The van der Waals surface area contributed by atoms with Gasteiger partial charge >= 0.3 is 12.2 Å². The summed E-state index contributed by atoms with van der Waals surface area (Å²) in [5.41, 5.74) is 1.95. The second-order valence-corrected chi connectivity index (χ2v) is 7.24. The maximum absolute atomic E-state index is 13.1. The highest BCUT2D eigenvalue weighted by atomic mass is 19.4. The minimum absolute atomic E-state index is 0.247. The van der Waals surface area contributed by atoms with Gasteiger partial charge in [-0.25, -0.2) is 9.78 Å². The summed E-state index contributed by atoms with van der Waals surface area (Å²) in [4.78, 5) is 22.9. The number of urea groups is 1. The van der Waals surface area contributed by atoms with Crippen molar-refractivity contribution >= 4 is 17.5 Å². The Labute approximate surface area is 176 Å². The minimum Gasteiger partial charge on any atom is -0.488 e. The largest absolute Gasteiger partial charge is 0.488 e. The van der Waals surface area contributed by atoms with Gasteiger partial charge in [0, 0.05) is 11.8 Å². The van der Waals surface area contributed by atoms with E-state index in [4.69, 9.17) is 4.74 Å². The molecule has 0 unspecified atom stereocenters. The van der Waals surface area contributed by atoms with Gasteiger partial charge in [-0.15, -0.1) is 0 Å². The summed E-state index contributed by atoms with van der Waals surface area (Å²) in [5.74, 6) is 0.691. The number of nitrogens with zero attached hydrogens (tertiary/aromatic N) is 3. The number of anilines is 2. The molecule has 4 rings (SSSR count). The molecular weight excluding hydrogens is 409 g/mol. The number of hydrogen-bond acceptors (Lipinski definition) is 4. The smallest absolute Gasteiger partial charge is 0.416 e. The van der Waals surface area contributed by atoms with Crippen LogP contribution in [0.2, 0.25) is 0 Å². The Balaban J connectivity index is 1.71. The fourth-order valence-electron chi connectivity index (χ4n) is 3.37. The quantitative estimate of drug-likeness (QED) is 0.609. The number of aromatic nitrogens is 2. The maximum Gasteiger partial charge on any atom is 0.416 e. The fourth-order valence-corrected chi connectivity index (χ4v) is 3.37. The third kappa shape index (κ3) is 4.30. The zero-order chi connectivity index (χ0) is 22.2. The van der Waals surface area contributed by atoms with Crippen LogP contribution < -0.4 is 15.0 Å². The second-order valence-electron chi connectivity index (χ2n) is 7.24. The molecule has 0 radical (unpaired) electrons. The van der Waals surface area contributed by atoms with Crippen LogP contribution in [0.5, 0.6) is 5.75 Å². The number of carbonyl (C=O) groups excluding carboxylic acids is 1. The number of aryl methyl sites for hydroxylation is 2. The van der Waals surface area contributed by atoms with Crippen molar-refractivity contribution in [2.24, 2.45) is 0 Å². The van der Waals surface area contributed by atoms with Crippen molar-refractivity contribution in [1.82, 2.24) is 9.97 Å². The Morgan fingerprint density at radius 3 is 2.71 bits per heavy atom. The molecule has 31 heavy (non-hydrogen) atoms. The van der Waals surface area contributed by atoms with Gasteiger partial charge in [0.25, 0.3) is 0 Å². The van der Waals surface area contributed by atoms with Crippen LogP contribution in [-0.2, 0) is 6.18 Å². The van der Waals surface area contributed by atoms with Gasteiger partial charge in [-0.05, 0) is 49.2 Å². The first-order chi connectivity index (χ1) is 14.7. The zero-order valence-corrected chi connectivity index (χ0v) is 16.8. The maximum atomic E-state index is 13.1. The molecule has 0 fully saturated rings. The molecule has 3 heterocycles. The van der Waals surface area contributed by atoms with Crippen LogP contribution in [0.4, 0.5) is 29.5 Å². The number of benzene rings is 1. The topological polar surface area (TPSA) is 67.4 Å². The van der Waals surface area contributed by atoms with Gasteiger partial charge in [-0.3, -0.25) is 9.88 Å². The number of carbonyl (C=O) groups is 1. The Kier molecular flexibility index (Phi) is 5.26. The Morgan fingerprint density at radius 1 is 1.16 bits per heavy atom. The lowest BCUT2D eigenvalue weighted by molar-refractivity contribution is -0.137. The summed E-state index contributed by atoms with van der Waals surface area (Å²) in [6.07, 6.45) is -1.26. The van der Waals surface area contributed by atoms with Crippen LogP contribution in [0, 0.1) is 13.8 Å². The molecule has 1 aliphatic heterocycles. The van der Waals surface area contributed by atoms with Crippen molar-refractivity contribution in [2.75, 3.05) is 23.4 Å². The summed E-state index contributed by atoms with van der Waals surface area (Å²) in [7, 11) is 0. The number of fused-ring (bicyclic) bond motifs is 1. The van der Waals surface area contributed by atoms with Gasteiger partial charge in [0.15, 0.2) is 11.6 Å². The number of nitrogens with one attached hydrogen (secondary N) is 1. The van der Waals surface area contributed by atoms with Crippen LogP contribution in [-0.4, -0.2) is 29.2 Å². The number of pyridine rings is 2. The van der Waals surface area contributed by atoms with E-state index in [0.29, 0.717) is 28.3 Å². The number of ether oxygens (including phenoxy) is 1. The number of amides is 2. The first-order valence-corrected chi connectivity index (χ1v) is 9.54. The second kappa shape index (κ2) is 7.90. The fraction of sp³-hybridized carbons (Fsp3) is 0.227. The van der Waals surface area contributed by atoms with Gasteiger partial charge in [0.1, 0.15) is 6.61 Å². The number of alkyl halides is 3. The van der Waals surface area contributed by atoms with E-state index in [0.717, 1.165) is 17.7 Å². The van der Waals surface area contributed by atoms with Gasteiger partial charge in [0.2, 0.25) is 0 Å². The third-order valence-corrected chi connectivity index (χ3v) is 4.81. The molecule has 2 aromatic heterocycles. The van der Waals surface area contributed by atoms with Crippen molar-refractivity contribution < 1.29 is 22.7 Å². The Bertz CT molecular complexity index is 1150. The lowest BCUT2D eigenvalue weighted by Crippen LogP contribution is -2.41. The molecule has 0 atom stereocenters. The van der Waals surface area contributed by atoms with Crippen molar-refractivity contribution in [3.63, 3.8) is 0 Å². The molecule has 2 amide bonds. The number of hydrogen-bond donors (Lipinski definition) is 1. The van der Waals surface area contributed by atoms with E-state index in [1.807, 2.05) is 6.92 Å². The molecule has 6 nitrogen and oxygen atoms in total. The normalized spacial score (nSPS) is 13.4.